The summed E-state index contributed by atoms with van der Waals surface area (Å²) < 4.78 is 0. The van der Waals surface area contributed by atoms with Crippen LogP contribution in [0.5, 0.6) is 0 Å². The molecule has 0 heteroatoms. The second-order valence-corrected chi connectivity index (χ2v) is 3.65. The minimum Gasteiger partial charge on any atom is -0.0854 e. The summed E-state index contributed by atoms with van der Waals surface area (Å²) in [6, 6.07) is 0. The molecule has 0 aromatic carbocycles. The fourth-order valence-electron chi connectivity index (χ4n) is 1.90. The summed E-state index contributed by atoms with van der Waals surface area (Å²) in [5, 5.41) is 0. The normalized spacial score (nSPS) is 40.1. The topological polar surface area (TPSA) is 0 Å². The van der Waals surface area contributed by atoms with Gasteiger partial charge in [-0.3, -0.25) is 0 Å². The summed E-state index contributed by atoms with van der Waals surface area (Å²) in [6.45, 7) is 6.95. The summed E-state index contributed by atoms with van der Waals surface area (Å²) in [5.74, 6) is 2.58. The van der Waals surface area contributed by atoms with E-state index in [2.05, 4.69) is 32.9 Å². The molecular weight excluding hydrogens is 120 g/mol. The third kappa shape index (κ3) is 1.62. The molecule has 0 fully saturated rings. The second kappa shape index (κ2) is 3.23. The van der Waals surface area contributed by atoms with Crippen molar-refractivity contribution in [3.8, 4) is 0 Å². The molecule has 0 saturated heterocycles. The van der Waals surface area contributed by atoms with Gasteiger partial charge >= 0.3 is 0 Å². The van der Waals surface area contributed by atoms with Crippen molar-refractivity contribution in [3.63, 3.8) is 0 Å². The van der Waals surface area contributed by atoms with Crippen LogP contribution in [-0.2, 0) is 0 Å². The van der Waals surface area contributed by atoms with Crippen LogP contribution in [0.15, 0.2) is 12.2 Å². The molecule has 0 aromatic heterocycles. The van der Waals surface area contributed by atoms with Gasteiger partial charge in [0.25, 0.3) is 0 Å². The highest BCUT2D eigenvalue weighted by Crippen LogP contribution is 2.29. The Balaban J connectivity index is 2.53. The van der Waals surface area contributed by atoms with E-state index in [1.54, 1.807) is 0 Å². The van der Waals surface area contributed by atoms with E-state index in [0.29, 0.717) is 0 Å². The van der Waals surface area contributed by atoms with Crippen molar-refractivity contribution in [2.75, 3.05) is 0 Å². The van der Waals surface area contributed by atoms with Gasteiger partial charge in [0.2, 0.25) is 0 Å². The van der Waals surface area contributed by atoms with E-state index in [4.69, 9.17) is 0 Å². The van der Waals surface area contributed by atoms with Gasteiger partial charge in [-0.05, 0) is 30.6 Å². The summed E-state index contributed by atoms with van der Waals surface area (Å²) >= 11 is 0. The van der Waals surface area contributed by atoms with Crippen LogP contribution in [0, 0.1) is 17.8 Å². The van der Waals surface area contributed by atoms with Crippen LogP contribution in [0.3, 0.4) is 0 Å². The van der Waals surface area contributed by atoms with Crippen molar-refractivity contribution in [2.24, 2.45) is 17.8 Å². The third-order valence-corrected chi connectivity index (χ3v) is 2.63. The van der Waals surface area contributed by atoms with Crippen molar-refractivity contribution in [2.45, 2.75) is 33.6 Å². The van der Waals surface area contributed by atoms with Gasteiger partial charge < -0.3 is 0 Å². The molecule has 1 aliphatic carbocycles. The maximum atomic E-state index is 2.40. The van der Waals surface area contributed by atoms with Crippen molar-refractivity contribution >= 4 is 0 Å². The number of rotatable bonds is 1. The van der Waals surface area contributed by atoms with E-state index in [1.165, 1.54) is 12.8 Å². The molecule has 3 atom stereocenters. The lowest BCUT2D eigenvalue weighted by molar-refractivity contribution is 0.337. The van der Waals surface area contributed by atoms with Gasteiger partial charge in [0.05, 0.1) is 0 Å². The van der Waals surface area contributed by atoms with Crippen molar-refractivity contribution < 1.29 is 0 Å². The summed E-state index contributed by atoms with van der Waals surface area (Å²) in [6.07, 6.45) is 7.46. The Bertz CT molecular complexity index is 124. The molecule has 58 valence electrons. The van der Waals surface area contributed by atoms with E-state index in [1.807, 2.05) is 0 Å². The molecule has 0 aliphatic heterocycles. The second-order valence-electron chi connectivity index (χ2n) is 3.65. The van der Waals surface area contributed by atoms with Crippen molar-refractivity contribution in [1.29, 1.82) is 0 Å². The van der Waals surface area contributed by atoms with E-state index < -0.39 is 0 Å². The smallest absolute Gasteiger partial charge is 0.0210 e. The lowest BCUT2D eigenvalue weighted by Gasteiger charge is -2.26. The number of allylic oxidation sites excluding steroid dienone is 2. The van der Waals surface area contributed by atoms with Crippen LogP contribution < -0.4 is 0 Å². The van der Waals surface area contributed by atoms with Gasteiger partial charge in [-0.15, -0.1) is 0 Å². The minimum absolute atomic E-state index is 0.817. The Morgan fingerprint density at radius 1 is 1.30 bits per heavy atom. The van der Waals surface area contributed by atoms with Gasteiger partial charge in [-0.25, -0.2) is 0 Å². The largest absolute Gasteiger partial charge is 0.0854 e. The molecular formula is C10H18. The summed E-state index contributed by atoms with van der Waals surface area (Å²) in [7, 11) is 0. The first-order chi connectivity index (χ1) is 4.74. The third-order valence-electron chi connectivity index (χ3n) is 2.63. The first-order valence-corrected chi connectivity index (χ1v) is 4.42. The van der Waals surface area contributed by atoms with Crippen LogP contribution >= 0.6 is 0 Å². The maximum Gasteiger partial charge on any atom is -0.0210 e. The van der Waals surface area contributed by atoms with Gasteiger partial charge in [-0.2, -0.15) is 0 Å². The molecule has 0 nitrogen and oxygen atoms in total. The van der Waals surface area contributed by atoms with Gasteiger partial charge in [0.1, 0.15) is 0 Å². The average molecular weight is 138 g/mol. The van der Waals surface area contributed by atoms with E-state index in [9.17, 15) is 0 Å². The molecule has 0 amide bonds. The predicted molar refractivity (Wildman–Crippen MR) is 45.9 cm³/mol. The summed E-state index contributed by atoms with van der Waals surface area (Å²) in [5.41, 5.74) is 0. The standard InChI is InChI=1S/C10H18/c1-4-10-6-5-8(2)7-9(10)3/h5-6,8-10H,4,7H2,1-3H3/t8-,9-,10+/m1/s1. The van der Waals surface area contributed by atoms with E-state index >= 15 is 0 Å². The molecule has 0 aromatic rings. The zero-order valence-corrected chi connectivity index (χ0v) is 7.30. The van der Waals surface area contributed by atoms with Crippen molar-refractivity contribution in [1.82, 2.24) is 0 Å². The monoisotopic (exact) mass is 138 g/mol. The molecule has 0 saturated carbocycles. The Kier molecular flexibility index (Phi) is 2.53. The molecule has 0 spiro atoms. The molecule has 0 radical (unpaired) electrons. The van der Waals surface area contributed by atoms with Gasteiger partial charge in [0.15, 0.2) is 0 Å². The quantitative estimate of drug-likeness (QED) is 0.488. The van der Waals surface area contributed by atoms with Gasteiger partial charge in [-0.1, -0.05) is 32.9 Å². The molecule has 0 N–H and O–H groups in total. The average Bonchev–Trinajstić information content (AvgIpc) is 1.88. The molecule has 0 bridgehead atoms. The first kappa shape index (κ1) is 7.84. The fraction of sp³-hybridized carbons (Fsp3) is 0.800. The van der Waals surface area contributed by atoms with E-state index in [-0.39, 0.29) is 0 Å². The number of hydrogen-bond acceptors (Lipinski definition) is 0. The van der Waals surface area contributed by atoms with Crippen LogP contribution in [0.1, 0.15) is 33.6 Å². The number of hydrogen-bond donors (Lipinski definition) is 0. The first-order valence-electron chi connectivity index (χ1n) is 4.42. The van der Waals surface area contributed by atoms with Crippen LogP contribution in [-0.4, -0.2) is 0 Å². The highest BCUT2D eigenvalue weighted by Gasteiger charge is 2.18. The lowest BCUT2D eigenvalue weighted by atomic mass is 9.80. The molecule has 10 heavy (non-hydrogen) atoms. The minimum atomic E-state index is 0.817. The lowest BCUT2D eigenvalue weighted by Crippen LogP contribution is -2.15. The highest BCUT2D eigenvalue weighted by molar-refractivity contribution is 4.98. The van der Waals surface area contributed by atoms with Crippen LogP contribution in [0.4, 0.5) is 0 Å². The Morgan fingerprint density at radius 3 is 2.50 bits per heavy atom. The zero-order chi connectivity index (χ0) is 7.56. The van der Waals surface area contributed by atoms with Crippen molar-refractivity contribution in [3.05, 3.63) is 12.2 Å². The molecule has 1 aliphatic rings. The molecule has 0 unspecified atom stereocenters. The van der Waals surface area contributed by atoms with Gasteiger partial charge in [0, 0.05) is 0 Å². The SMILES string of the molecule is CC[C@H]1C=C[C@@H](C)C[C@H]1C. The Morgan fingerprint density at radius 2 is 2.00 bits per heavy atom. The Labute approximate surface area is 64.3 Å². The molecule has 0 heterocycles. The van der Waals surface area contributed by atoms with Crippen LogP contribution in [0.25, 0.3) is 0 Å². The molecule has 1 rings (SSSR count). The Hall–Kier alpha value is -0.260. The maximum absolute atomic E-state index is 2.40. The summed E-state index contributed by atoms with van der Waals surface area (Å²) in [4.78, 5) is 0. The highest BCUT2D eigenvalue weighted by atomic mass is 14.2. The van der Waals surface area contributed by atoms with E-state index in [0.717, 1.165) is 17.8 Å². The predicted octanol–water partition coefficient (Wildman–Crippen LogP) is 3.24. The van der Waals surface area contributed by atoms with Crippen LogP contribution in [0.2, 0.25) is 0 Å². The fourth-order valence-corrected chi connectivity index (χ4v) is 1.90. The zero-order valence-electron chi connectivity index (χ0n) is 7.30.